The van der Waals surface area contributed by atoms with E-state index in [0.29, 0.717) is 0 Å². The molecule has 0 saturated carbocycles. The van der Waals surface area contributed by atoms with Crippen LogP contribution in [0.2, 0.25) is 0 Å². The summed E-state index contributed by atoms with van der Waals surface area (Å²) in [6.45, 7) is 8.17. The molecule has 0 aliphatic carbocycles. The van der Waals surface area contributed by atoms with E-state index in [1.807, 2.05) is 26.0 Å². The van der Waals surface area contributed by atoms with Crippen LogP contribution >= 0.6 is 15.9 Å². The van der Waals surface area contributed by atoms with Gasteiger partial charge in [0.2, 0.25) is 0 Å². The van der Waals surface area contributed by atoms with Crippen molar-refractivity contribution >= 4 is 21.9 Å². The number of hydrogen-bond acceptors (Lipinski definition) is 2. The number of carbonyl (C=O) groups is 1. The van der Waals surface area contributed by atoms with E-state index in [1.165, 1.54) is 12.7 Å². The molecule has 0 spiro atoms. The van der Waals surface area contributed by atoms with Crippen LogP contribution in [0.3, 0.4) is 0 Å². The first-order valence-electron chi connectivity index (χ1n) is 6.53. The van der Waals surface area contributed by atoms with Gasteiger partial charge in [-0.3, -0.25) is 4.79 Å². The Morgan fingerprint density at radius 2 is 1.68 bits per heavy atom. The highest BCUT2D eigenvalue weighted by molar-refractivity contribution is 9.10. The molecule has 0 radical (unpaired) electrons. The van der Waals surface area contributed by atoms with E-state index in [1.54, 1.807) is 0 Å². The van der Waals surface area contributed by atoms with Crippen molar-refractivity contribution in [3.05, 3.63) is 34.3 Å². The lowest BCUT2D eigenvalue weighted by atomic mass is 9.65. The second-order valence-electron chi connectivity index (χ2n) is 6.13. The van der Waals surface area contributed by atoms with Crippen LogP contribution in [0.1, 0.15) is 39.7 Å². The summed E-state index contributed by atoms with van der Waals surface area (Å²) in [4.78, 5) is 11.9. The van der Waals surface area contributed by atoms with Crippen molar-refractivity contribution in [2.45, 2.75) is 40.5 Å². The monoisotopic (exact) mass is 326 g/mol. The molecule has 0 aromatic heterocycles. The standard InChI is InChI=1S/C16H23BrO2/c1-15(2,16(3,4)14(18)19-5)11-10-12-6-8-13(17)9-7-12/h6-9H,10-11H2,1-5H3. The van der Waals surface area contributed by atoms with Gasteiger partial charge in [-0.05, 0) is 49.8 Å². The summed E-state index contributed by atoms with van der Waals surface area (Å²) in [5, 5.41) is 0. The molecule has 0 N–H and O–H groups in total. The fourth-order valence-corrected chi connectivity index (χ4v) is 2.22. The van der Waals surface area contributed by atoms with E-state index < -0.39 is 5.41 Å². The molecule has 0 bridgehead atoms. The van der Waals surface area contributed by atoms with Crippen LogP contribution in [-0.2, 0) is 16.0 Å². The Morgan fingerprint density at radius 3 is 2.16 bits per heavy atom. The van der Waals surface area contributed by atoms with Crippen molar-refractivity contribution in [2.75, 3.05) is 7.11 Å². The number of methoxy groups -OCH3 is 1. The largest absolute Gasteiger partial charge is 0.469 e. The van der Waals surface area contributed by atoms with E-state index >= 15 is 0 Å². The lowest BCUT2D eigenvalue weighted by Crippen LogP contribution is -2.40. The normalized spacial score (nSPS) is 12.3. The van der Waals surface area contributed by atoms with Gasteiger partial charge in [-0.25, -0.2) is 0 Å². The zero-order valence-electron chi connectivity index (χ0n) is 12.4. The molecule has 1 aromatic rings. The highest BCUT2D eigenvalue weighted by Crippen LogP contribution is 2.43. The van der Waals surface area contributed by atoms with Crippen LogP contribution in [0.25, 0.3) is 0 Å². The first-order valence-corrected chi connectivity index (χ1v) is 7.33. The number of benzene rings is 1. The van der Waals surface area contributed by atoms with Gasteiger partial charge in [0.1, 0.15) is 0 Å². The van der Waals surface area contributed by atoms with Crippen LogP contribution in [0.4, 0.5) is 0 Å². The van der Waals surface area contributed by atoms with Gasteiger partial charge in [-0.1, -0.05) is 41.9 Å². The Bertz CT molecular complexity index is 433. The third kappa shape index (κ3) is 3.82. The van der Waals surface area contributed by atoms with Crippen LogP contribution in [0.5, 0.6) is 0 Å². The van der Waals surface area contributed by atoms with E-state index in [9.17, 15) is 4.79 Å². The molecule has 19 heavy (non-hydrogen) atoms. The predicted molar refractivity (Wildman–Crippen MR) is 82.0 cm³/mol. The van der Waals surface area contributed by atoms with Gasteiger partial charge in [0.15, 0.2) is 0 Å². The van der Waals surface area contributed by atoms with Gasteiger partial charge in [0.25, 0.3) is 0 Å². The fourth-order valence-electron chi connectivity index (χ4n) is 1.95. The Morgan fingerprint density at radius 1 is 1.16 bits per heavy atom. The second kappa shape index (κ2) is 6.08. The number of hydrogen-bond donors (Lipinski definition) is 0. The predicted octanol–water partition coefficient (Wildman–Crippen LogP) is 4.61. The molecule has 0 saturated heterocycles. The number of carbonyl (C=O) groups excluding carboxylic acids is 1. The van der Waals surface area contributed by atoms with Crippen molar-refractivity contribution in [2.24, 2.45) is 10.8 Å². The van der Waals surface area contributed by atoms with Crippen LogP contribution in [0.15, 0.2) is 28.7 Å². The van der Waals surface area contributed by atoms with Gasteiger partial charge >= 0.3 is 5.97 Å². The summed E-state index contributed by atoms with van der Waals surface area (Å²) in [7, 11) is 1.45. The molecular formula is C16H23BrO2. The maximum absolute atomic E-state index is 11.9. The molecule has 0 heterocycles. The summed E-state index contributed by atoms with van der Waals surface area (Å²) in [5.74, 6) is -0.145. The van der Waals surface area contributed by atoms with Gasteiger partial charge in [0.05, 0.1) is 12.5 Å². The van der Waals surface area contributed by atoms with Gasteiger partial charge in [-0.2, -0.15) is 0 Å². The Hall–Kier alpha value is -0.830. The molecule has 0 unspecified atom stereocenters. The summed E-state index contributed by atoms with van der Waals surface area (Å²) in [6.07, 6.45) is 1.90. The summed E-state index contributed by atoms with van der Waals surface area (Å²) in [5.41, 5.74) is 0.682. The highest BCUT2D eigenvalue weighted by Gasteiger charge is 2.43. The number of ether oxygens (including phenoxy) is 1. The average molecular weight is 327 g/mol. The Labute approximate surface area is 124 Å². The third-order valence-electron chi connectivity index (χ3n) is 4.34. The molecule has 0 aliphatic heterocycles. The number of halogens is 1. The van der Waals surface area contributed by atoms with Gasteiger partial charge in [-0.15, -0.1) is 0 Å². The van der Waals surface area contributed by atoms with Crippen LogP contribution in [0, 0.1) is 10.8 Å². The summed E-state index contributed by atoms with van der Waals surface area (Å²) >= 11 is 3.44. The van der Waals surface area contributed by atoms with E-state index in [2.05, 4.69) is 41.9 Å². The molecular weight excluding hydrogens is 304 g/mol. The molecule has 0 aliphatic rings. The quantitative estimate of drug-likeness (QED) is 0.739. The second-order valence-corrected chi connectivity index (χ2v) is 7.04. The van der Waals surface area contributed by atoms with Crippen molar-refractivity contribution in [3.8, 4) is 0 Å². The smallest absolute Gasteiger partial charge is 0.311 e. The van der Waals surface area contributed by atoms with Crippen molar-refractivity contribution in [3.63, 3.8) is 0 Å². The molecule has 0 fully saturated rings. The average Bonchev–Trinajstić information content (AvgIpc) is 2.36. The summed E-state index contributed by atoms with van der Waals surface area (Å²) in [6, 6.07) is 8.33. The molecule has 1 rings (SSSR count). The van der Waals surface area contributed by atoms with Gasteiger partial charge in [0, 0.05) is 4.47 Å². The van der Waals surface area contributed by atoms with E-state index in [0.717, 1.165) is 17.3 Å². The number of esters is 1. The molecule has 3 heteroatoms. The Balaban J connectivity index is 2.74. The minimum absolute atomic E-state index is 0.118. The lowest BCUT2D eigenvalue weighted by molar-refractivity contribution is -0.158. The minimum Gasteiger partial charge on any atom is -0.469 e. The zero-order valence-corrected chi connectivity index (χ0v) is 14.0. The van der Waals surface area contributed by atoms with Crippen molar-refractivity contribution in [1.82, 2.24) is 0 Å². The van der Waals surface area contributed by atoms with Crippen molar-refractivity contribution < 1.29 is 9.53 Å². The van der Waals surface area contributed by atoms with Crippen LogP contribution in [-0.4, -0.2) is 13.1 Å². The minimum atomic E-state index is -0.489. The van der Waals surface area contributed by atoms with Crippen molar-refractivity contribution in [1.29, 1.82) is 0 Å². The maximum atomic E-state index is 11.9. The molecule has 0 atom stereocenters. The molecule has 2 nitrogen and oxygen atoms in total. The third-order valence-corrected chi connectivity index (χ3v) is 4.87. The molecule has 0 amide bonds. The van der Waals surface area contributed by atoms with E-state index in [4.69, 9.17) is 4.74 Å². The SMILES string of the molecule is COC(=O)C(C)(C)C(C)(C)CCc1ccc(Br)cc1. The molecule has 106 valence electrons. The number of aryl methyl sites for hydroxylation is 1. The Kier molecular flexibility index (Phi) is 5.19. The summed E-state index contributed by atoms with van der Waals surface area (Å²) < 4.78 is 6.01. The van der Waals surface area contributed by atoms with Crippen LogP contribution < -0.4 is 0 Å². The number of rotatable bonds is 5. The molecule has 1 aromatic carbocycles. The first kappa shape index (κ1) is 16.2. The fraction of sp³-hybridized carbons (Fsp3) is 0.562. The van der Waals surface area contributed by atoms with E-state index in [-0.39, 0.29) is 11.4 Å². The maximum Gasteiger partial charge on any atom is 0.311 e. The zero-order chi connectivity index (χ0) is 14.7. The topological polar surface area (TPSA) is 26.3 Å². The van der Waals surface area contributed by atoms with Gasteiger partial charge < -0.3 is 4.74 Å². The first-order chi connectivity index (χ1) is 8.70. The lowest BCUT2D eigenvalue weighted by Gasteiger charge is -2.39. The highest BCUT2D eigenvalue weighted by atomic mass is 79.9.